The molecule has 1 spiro atoms. The molecule has 0 aromatic heterocycles. The second kappa shape index (κ2) is 3.54. The monoisotopic (exact) mass is 200 g/mol. The largest absolute Gasteiger partial charge is 0.283 e. The van der Waals surface area contributed by atoms with Crippen LogP contribution in [0, 0.1) is 0 Å². The molecule has 1 unspecified atom stereocenters. The molecule has 1 atom stereocenters. The highest BCUT2D eigenvalue weighted by molar-refractivity contribution is 7.80. The van der Waals surface area contributed by atoms with E-state index in [4.69, 9.17) is 4.18 Å². The van der Waals surface area contributed by atoms with E-state index in [1.54, 1.807) is 0 Å². The van der Waals surface area contributed by atoms with Crippen molar-refractivity contribution in [1.29, 1.82) is 0 Å². The molecular formula is C10H16O2S. The summed E-state index contributed by atoms with van der Waals surface area (Å²) in [5.41, 5.74) is 1.00. The Morgan fingerprint density at radius 3 is 2.62 bits per heavy atom. The molecule has 0 bridgehead atoms. The third-order valence-corrected chi connectivity index (χ3v) is 4.11. The molecule has 0 N–H and O–H groups in total. The molecule has 0 aromatic rings. The topological polar surface area (TPSA) is 26.3 Å². The van der Waals surface area contributed by atoms with E-state index in [9.17, 15) is 4.21 Å². The van der Waals surface area contributed by atoms with Crippen LogP contribution in [0.15, 0.2) is 12.2 Å². The predicted octanol–water partition coefficient (Wildman–Crippen LogP) is 2.33. The third kappa shape index (κ3) is 2.02. The van der Waals surface area contributed by atoms with Crippen molar-refractivity contribution < 1.29 is 8.39 Å². The van der Waals surface area contributed by atoms with Gasteiger partial charge in [0.15, 0.2) is 11.1 Å². The molecule has 0 radical (unpaired) electrons. The van der Waals surface area contributed by atoms with Crippen LogP contribution in [0.3, 0.4) is 0 Å². The summed E-state index contributed by atoms with van der Waals surface area (Å²) in [5, 5.41) is 0. The van der Waals surface area contributed by atoms with Crippen molar-refractivity contribution in [2.75, 3.05) is 5.75 Å². The molecule has 1 saturated carbocycles. The Balaban J connectivity index is 2.11. The molecule has 1 aliphatic heterocycles. The lowest BCUT2D eigenvalue weighted by Crippen LogP contribution is -2.40. The van der Waals surface area contributed by atoms with Gasteiger partial charge in [-0.05, 0) is 19.3 Å². The van der Waals surface area contributed by atoms with Crippen LogP contribution < -0.4 is 0 Å². The van der Waals surface area contributed by atoms with Gasteiger partial charge in [-0.1, -0.05) is 31.4 Å². The molecule has 2 fully saturated rings. The van der Waals surface area contributed by atoms with Crippen molar-refractivity contribution in [3.05, 3.63) is 12.2 Å². The first-order chi connectivity index (χ1) is 6.20. The van der Waals surface area contributed by atoms with Crippen molar-refractivity contribution in [2.24, 2.45) is 0 Å². The van der Waals surface area contributed by atoms with Crippen LogP contribution in [0.25, 0.3) is 0 Å². The molecule has 1 saturated heterocycles. The van der Waals surface area contributed by atoms with Crippen LogP contribution >= 0.6 is 0 Å². The van der Waals surface area contributed by atoms with Crippen LogP contribution in [-0.2, 0) is 15.3 Å². The van der Waals surface area contributed by atoms with Gasteiger partial charge in [0.1, 0.15) is 0 Å². The summed E-state index contributed by atoms with van der Waals surface area (Å²) in [6, 6.07) is 0. The Bertz CT molecular complexity index is 223. The van der Waals surface area contributed by atoms with Crippen molar-refractivity contribution in [3.63, 3.8) is 0 Å². The summed E-state index contributed by atoms with van der Waals surface area (Å²) in [5.74, 6) is 0.543. The van der Waals surface area contributed by atoms with Gasteiger partial charge >= 0.3 is 0 Å². The smallest absolute Gasteiger partial charge is 0.160 e. The zero-order chi connectivity index (χ0) is 9.31. The average molecular weight is 200 g/mol. The van der Waals surface area contributed by atoms with Crippen LogP contribution in [-0.4, -0.2) is 15.6 Å². The minimum Gasteiger partial charge on any atom is -0.283 e. The molecule has 1 aliphatic carbocycles. The Kier molecular flexibility index (Phi) is 2.56. The second-order valence-corrected chi connectivity index (χ2v) is 5.26. The van der Waals surface area contributed by atoms with Crippen LogP contribution in [0.2, 0.25) is 0 Å². The molecule has 0 aromatic carbocycles. The van der Waals surface area contributed by atoms with Gasteiger partial charge in [-0.25, -0.2) is 4.21 Å². The van der Waals surface area contributed by atoms with Crippen LogP contribution in [0.4, 0.5) is 0 Å². The van der Waals surface area contributed by atoms with E-state index in [1.165, 1.54) is 19.3 Å². The Hall–Kier alpha value is -0.150. The molecule has 2 aliphatic rings. The maximum atomic E-state index is 11.4. The molecule has 74 valence electrons. The van der Waals surface area contributed by atoms with Crippen molar-refractivity contribution in [2.45, 2.75) is 44.1 Å². The molecule has 2 rings (SSSR count). The van der Waals surface area contributed by atoms with E-state index < -0.39 is 11.1 Å². The van der Waals surface area contributed by atoms with Gasteiger partial charge in [0.2, 0.25) is 0 Å². The first-order valence-corrected chi connectivity index (χ1v) is 6.19. The maximum Gasteiger partial charge on any atom is 0.160 e. The molecule has 2 nitrogen and oxygen atoms in total. The first kappa shape index (κ1) is 9.41. The van der Waals surface area contributed by atoms with Gasteiger partial charge in [-0.2, -0.15) is 0 Å². The SMILES string of the molecule is C=C1CS(=O)OC2(CCCCC2)C1. The van der Waals surface area contributed by atoms with Gasteiger partial charge in [0, 0.05) is 0 Å². The Morgan fingerprint density at radius 1 is 1.31 bits per heavy atom. The van der Waals surface area contributed by atoms with Crippen molar-refractivity contribution >= 4 is 11.1 Å². The summed E-state index contributed by atoms with van der Waals surface area (Å²) in [6.07, 6.45) is 6.79. The summed E-state index contributed by atoms with van der Waals surface area (Å²) in [7, 11) is 0. The lowest BCUT2D eigenvalue weighted by atomic mass is 9.81. The van der Waals surface area contributed by atoms with E-state index >= 15 is 0 Å². The van der Waals surface area contributed by atoms with Crippen LogP contribution in [0.1, 0.15) is 38.5 Å². The zero-order valence-corrected chi connectivity index (χ0v) is 8.70. The van der Waals surface area contributed by atoms with Gasteiger partial charge in [0.25, 0.3) is 0 Å². The fourth-order valence-corrected chi connectivity index (χ4v) is 3.50. The zero-order valence-electron chi connectivity index (χ0n) is 7.88. The van der Waals surface area contributed by atoms with Gasteiger partial charge in [0.05, 0.1) is 11.4 Å². The van der Waals surface area contributed by atoms with E-state index in [0.717, 1.165) is 24.8 Å². The molecule has 13 heavy (non-hydrogen) atoms. The lowest BCUT2D eigenvalue weighted by Gasteiger charge is -2.39. The normalized spacial score (nSPS) is 33.5. The Labute approximate surface area is 82.0 Å². The summed E-state index contributed by atoms with van der Waals surface area (Å²) < 4.78 is 17.0. The summed E-state index contributed by atoms with van der Waals surface area (Å²) in [4.78, 5) is 0. The van der Waals surface area contributed by atoms with Crippen LogP contribution in [0.5, 0.6) is 0 Å². The highest BCUT2D eigenvalue weighted by Crippen LogP contribution is 2.39. The van der Waals surface area contributed by atoms with Crippen molar-refractivity contribution in [3.8, 4) is 0 Å². The standard InChI is InChI=1S/C10H16O2S/c1-9-7-10(12-13(11)8-9)5-3-2-4-6-10/h1-8H2. The number of hydrogen-bond donors (Lipinski definition) is 0. The minimum atomic E-state index is -1.11. The van der Waals surface area contributed by atoms with Gasteiger partial charge in [-0.15, -0.1) is 0 Å². The van der Waals surface area contributed by atoms with Gasteiger partial charge < -0.3 is 0 Å². The number of rotatable bonds is 0. The Morgan fingerprint density at radius 2 is 2.00 bits per heavy atom. The van der Waals surface area contributed by atoms with E-state index in [0.29, 0.717) is 5.75 Å². The molecular weight excluding hydrogens is 184 g/mol. The fraction of sp³-hybridized carbons (Fsp3) is 0.800. The number of hydrogen-bond acceptors (Lipinski definition) is 2. The fourth-order valence-electron chi connectivity index (χ4n) is 2.39. The average Bonchev–Trinajstić information content (AvgIpc) is 2.02. The second-order valence-electron chi connectivity index (χ2n) is 4.20. The van der Waals surface area contributed by atoms with E-state index in [2.05, 4.69) is 6.58 Å². The predicted molar refractivity (Wildman–Crippen MR) is 53.7 cm³/mol. The minimum absolute atomic E-state index is 0.0988. The molecule has 1 heterocycles. The highest BCUT2D eigenvalue weighted by Gasteiger charge is 2.38. The maximum absolute atomic E-state index is 11.4. The van der Waals surface area contributed by atoms with E-state index in [1.807, 2.05) is 0 Å². The van der Waals surface area contributed by atoms with E-state index in [-0.39, 0.29) is 5.60 Å². The first-order valence-electron chi connectivity index (χ1n) is 4.95. The molecule has 3 heteroatoms. The quantitative estimate of drug-likeness (QED) is 0.561. The van der Waals surface area contributed by atoms with Gasteiger partial charge in [-0.3, -0.25) is 4.18 Å². The lowest BCUT2D eigenvalue weighted by molar-refractivity contribution is 0.0390. The summed E-state index contributed by atoms with van der Waals surface area (Å²) >= 11 is -1.11. The highest BCUT2D eigenvalue weighted by atomic mass is 32.2. The summed E-state index contributed by atoms with van der Waals surface area (Å²) in [6.45, 7) is 3.94. The molecule has 0 amide bonds. The third-order valence-electron chi connectivity index (χ3n) is 2.93. The van der Waals surface area contributed by atoms with Crippen molar-refractivity contribution in [1.82, 2.24) is 0 Å².